The van der Waals surface area contributed by atoms with Gasteiger partial charge in [0.15, 0.2) is 0 Å². The Balaban J connectivity index is 1.89. The maximum Gasteiger partial charge on any atom is 0.239 e. The van der Waals surface area contributed by atoms with Crippen molar-refractivity contribution in [1.82, 2.24) is 15.3 Å². The molecule has 128 valence electrons. The predicted molar refractivity (Wildman–Crippen MR) is 89.8 cm³/mol. The van der Waals surface area contributed by atoms with Crippen LogP contribution in [0.25, 0.3) is 11.1 Å². The number of aliphatic hydroxyl groups excluding tert-OH is 2. The molecule has 0 aliphatic rings. The van der Waals surface area contributed by atoms with E-state index in [0.29, 0.717) is 18.7 Å². The van der Waals surface area contributed by atoms with Crippen molar-refractivity contribution in [1.29, 1.82) is 0 Å². The first-order valence-corrected chi connectivity index (χ1v) is 7.73. The number of rotatable bonds is 7. The van der Waals surface area contributed by atoms with Crippen LogP contribution in [0.15, 0.2) is 36.7 Å². The predicted octanol–water partition coefficient (Wildman–Crippen LogP) is 0.00270. The Morgan fingerprint density at radius 1 is 1.17 bits per heavy atom. The average molecular weight is 330 g/mol. The number of amides is 1. The molecule has 0 unspecified atom stereocenters. The highest BCUT2D eigenvalue weighted by molar-refractivity contribution is 5.82. The van der Waals surface area contributed by atoms with Gasteiger partial charge in [-0.05, 0) is 19.1 Å². The van der Waals surface area contributed by atoms with Gasteiger partial charge in [0.25, 0.3) is 0 Å². The van der Waals surface area contributed by atoms with Gasteiger partial charge in [0, 0.05) is 42.2 Å². The van der Waals surface area contributed by atoms with Gasteiger partial charge in [-0.2, -0.15) is 0 Å². The summed E-state index contributed by atoms with van der Waals surface area (Å²) in [6, 6.07) is 6.55. The third-order valence-electron chi connectivity index (χ3n) is 3.65. The smallest absolute Gasteiger partial charge is 0.239 e. The summed E-state index contributed by atoms with van der Waals surface area (Å²) in [5.41, 5.74) is 8.85. The Hall–Kier alpha value is -2.35. The number of hydrogen-bond donors (Lipinski definition) is 4. The second kappa shape index (κ2) is 8.49. The first-order chi connectivity index (χ1) is 11.5. The summed E-state index contributed by atoms with van der Waals surface area (Å²) in [4.78, 5) is 20.1. The first kappa shape index (κ1) is 18.0. The van der Waals surface area contributed by atoms with E-state index >= 15 is 0 Å². The number of aliphatic hydroxyl groups is 2. The number of pyridine rings is 2. The van der Waals surface area contributed by atoms with E-state index in [1.165, 1.54) is 6.92 Å². The monoisotopic (exact) mass is 330 g/mol. The second-order valence-corrected chi connectivity index (χ2v) is 5.54. The molecule has 0 aromatic carbocycles. The minimum Gasteiger partial charge on any atom is -0.391 e. The van der Waals surface area contributed by atoms with Gasteiger partial charge in [-0.15, -0.1) is 0 Å². The van der Waals surface area contributed by atoms with Crippen molar-refractivity contribution in [3.63, 3.8) is 0 Å². The van der Waals surface area contributed by atoms with Crippen LogP contribution in [-0.2, 0) is 17.8 Å². The number of nitrogens with one attached hydrogen (secondary N) is 1. The zero-order chi connectivity index (χ0) is 17.5. The molecule has 0 aliphatic carbocycles. The Labute approximate surface area is 140 Å². The summed E-state index contributed by atoms with van der Waals surface area (Å²) in [6.07, 6.45) is 3.13. The van der Waals surface area contributed by atoms with Crippen molar-refractivity contribution in [2.45, 2.75) is 32.1 Å². The molecule has 2 aromatic rings. The summed E-state index contributed by atoms with van der Waals surface area (Å²) >= 11 is 0. The third-order valence-corrected chi connectivity index (χ3v) is 3.65. The molecule has 0 fully saturated rings. The molecule has 5 N–H and O–H groups in total. The van der Waals surface area contributed by atoms with E-state index < -0.39 is 12.1 Å². The van der Waals surface area contributed by atoms with E-state index in [9.17, 15) is 9.90 Å². The lowest BCUT2D eigenvalue weighted by molar-refractivity contribution is -0.124. The van der Waals surface area contributed by atoms with Gasteiger partial charge in [0.05, 0.1) is 18.4 Å². The van der Waals surface area contributed by atoms with E-state index in [4.69, 9.17) is 10.8 Å². The van der Waals surface area contributed by atoms with Gasteiger partial charge in [-0.3, -0.25) is 14.8 Å². The zero-order valence-corrected chi connectivity index (χ0v) is 13.5. The molecule has 7 nitrogen and oxygen atoms in total. The summed E-state index contributed by atoms with van der Waals surface area (Å²) in [5.74, 6) is -0.378. The minimum absolute atomic E-state index is 0.0814. The molecule has 7 heteroatoms. The average Bonchev–Trinajstić information content (AvgIpc) is 2.61. The topological polar surface area (TPSA) is 121 Å². The van der Waals surface area contributed by atoms with Gasteiger partial charge in [-0.1, -0.05) is 12.1 Å². The summed E-state index contributed by atoms with van der Waals surface area (Å²) in [7, 11) is 0. The van der Waals surface area contributed by atoms with E-state index in [1.54, 1.807) is 18.5 Å². The van der Waals surface area contributed by atoms with Crippen molar-refractivity contribution in [3.8, 4) is 11.1 Å². The van der Waals surface area contributed by atoms with E-state index in [0.717, 1.165) is 16.8 Å². The third kappa shape index (κ3) is 4.82. The minimum atomic E-state index is -0.922. The van der Waals surface area contributed by atoms with Crippen LogP contribution in [0.3, 0.4) is 0 Å². The van der Waals surface area contributed by atoms with Gasteiger partial charge < -0.3 is 21.3 Å². The molecular formula is C17H22N4O3. The normalized spacial score (nSPS) is 13.3. The quantitative estimate of drug-likeness (QED) is 0.567. The molecular weight excluding hydrogens is 308 g/mol. The fraction of sp³-hybridized carbons (Fsp3) is 0.353. The van der Waals surface area contributed by atoms with E-state index in [-0.39, 0.29) is 12.5 Å². The molecule has 2 rings (SSSR count). The molecule has 0 bridgehead atoms. The first-order valence-electron chi connectivity index (χ1n) is 7.73. The lowest BCUT2D eigenvalue weighted by Crippen LogP contribution is -2.47. The maximum absolute atomic E-state index is 11.6. The molecule has 2 heterocycles. The Morgan fingerprint density at radius 3 is 2.21 bits per heavy atom. The number of aromatic nitrogens is 2. The van der Waals surface area contributed by atoms with Crippen LogP contribution in [0.4, 0.5) is 0 Å². The van der Waals surface area contributed by atoms with Crippen molar-refractivity contribution in [2.24, 2.45) is 5.73 Å². The highest BCUT2D eigenvalue weighted by Gasteiger charge is 2.17. The Bertz CT molecular complexity index is 657. The summed E-state index contributed by atoms with van der Waals surface area (Å²) < 4.78 is 0. The lowest BCUT2D eigenvalue weighted by atomic mass is 10.1. The van der Waals surface area contributed by atoms with Crippen LogP contribution < -0.4 is 11.1 Å². The molecule has 2 atom stereocenters. The molecule has 0 radical (unpaired) electrons. The van der Waals surface area contributed by atoms with Crippen LogP contribution in [0.5, 0.6) is 0 Å². The van der Waals surface area contributed by atoms with Crippen molar-refractivity contribution < 1.29 is 15.0 Å². The summed E-state index contributed by atoms with van der Waals surface area (Å²) in [6.45, 7) is 1.80. The molecule has 24 heavy (non-hydrogen) atoms. The lowest BCUT2D eigenvalue weighted by Gasteiger charge is -2.14. The van der Waals surface area contributed by atoms with E-state index in [2.05, 4.69) is 15.3 Å². The van der Waals surface area contributed by atoms with Crippen LogP contribution in [0, 0.1) is 0 Å². The fourth-order valence-corrected chi connectivity index (χ4v) is 2.08. The Kier molecular flexibility index (Phi) is 6.36. The molecule has 0 aliphatic heterocycles. The molecule has 1 amide bonds. The highest BCUT2D eigenvalue weighted by atomic mass is 16.3. The van der Waals surface area contributed by atoms with Crippen LogP contribution in [0.1, 0.15) is 18.3 Å². The van der Waals surface area contributed by atoms with Crippen molar-refractivity contribution in [3.05, 3.63) is 48.0 Å². The van der Waals surface area contributed by atoms with Gasteiger partial charge in [-0.25, -0.2) is 0 Å². The van der Waals surface area contributed by atoms with Crippen molar-refractivity contribution >= 4 is 5.91 Å². The standard InChI is InChI=1S/C17H22N4O3/c1-11(23)16(18)17(24)19-7-6-14-4-2-12(8-20-14)13-3-5-15(10-22)21-9-13/h2-5,8-9,11,16,22-23H,6-7,10,18H2,1H3,(H,19,24)/t11-,16+/m1/s1. The van der Waals surface area contributed by atoms with E-state index in [1.807, 2.05) is 18.2 Å². The largest absolute Gasteiger partial charge is 0.391 e. The molecule has 0 saturated heterocycles. The highest BCUT2D eigenvalue weighted by Crippen LogP contribution is 2.17. The summed E-state index contributed by atoms with van der Waals surface area (Å²) in [5, 5.41) is 20.9. The number of nitrogens with two attached hydrogens (primary N) is 1. The second-order valence-electron chi connectivity index (χ2n) is 5.54. The number of carbonyl (C=O) groups is 1. The van der Waals surface area contributed by atoms with Crippen LogP contribution >= 0.6 is 0 Å². The van der Waals surface area contributed by atoms with Gasteiger partial charge in [0.1, 0.15) is 6.04 Å². The fourth-order valence-electron chi connectivity index (χ4n) is 2.08. The van der Waals surface area contributed by atoms with Crippen molar-refractivity contribution in [2.75, 3.05) is 6.54 Å². The maximum atomic E-state index is 11.6. The molecule has 0 spiro atoms. The molecule has 2 aromatic heterocycles. The van der Waals surface area contributed by atoms with Crippen LogP contribution in [-0.4, -0.2) is 44.8 Å². The molecule has 0 saturated carbocycles. The zero-order valence-electron chi connectivity index (χ0n) is 13.5. The van der Waals surface area contributed by atoms with Crippen LogP contribution in [0.2, 0.25) is 0 Å². The Morgan fingerprint density at radius 2 is 1.75 bits per heavy atom. The van der Waals surface area contributed by atoms with Gasteiger partial charge in [0.2, 0.25) is 5.91 Å². The van der Waals surface area contributed by atoms with Gasteiger partial charge >= 0.3 is 0 Å². The number of carbonyl (C=O) groups excluding carboxylic acids is 1. The number of hydrogen-bond acceptors (Lipinski definition) is 6. The SMILES string of the molecule is C[C@@H](O)[C@H](N)C(=O)NCCc1ccc(-c2ccc(CO)nc2)cn1. The number of nitrogens with zero attached hydrogens (tertiary/aromatic N) is 2.